The molecule has 2 atom stereocenters. The maximum atomic E-state index is 13.1. The first-order valence-electron chi connectivity index (χ1n) is 10.3. The van der Waals surface area contributed by atoms with Crippen LogP contribution in [0, 0.1) is 6.92 Å². The predicted octanol–water partition coefficient (Wildman–Crippen LogP) is 5.35. The second kappa shape index (κ2) is 8.68. The first-order valence-corrected chi connectivity index (χ1v) is 10.3. The van der Waals surface area contributed by atoms with Gasteiger partial charge in [0.2, 0.25) is 0 Å². The van der Waals surface area contributed by atoms with E-state index in [4.69, 9.17) is 9.47 Å². The standard InChI is InChI=1S/C24H31NO3/c1-5-21(27-18-12-10-11-17(4)15-18)23(26)25-20-16-24(6-2,7-3)28-22-14-9-8-13-19(20)22/h8-15,20-21H,5-7,16H2,1-4H3,(H,25,26)/t20-,21+/m1/s1. The van der Waals surface area contributed by atoms with Crippen molar-refractivity contribution in [3.63, 3.8) is 0 Å². The quantitative estimate of drug-likeness (QED) is 0.703. The van der Waals surface area contributed by atoms with E-state index in [1.807, 2.05) is 62.4 Å². The molecule has 0 aliphatic carbocycles. The van der Waals surface area contributed by atoms with Crippen LogP contribution in [0.25, 0.3) is 0 Å². The van der Waals surface area contributed by atoms with Gasteiger partial charge in [0.15, 0.2) is 6.10 Å². The first-order chi connectivity index (χ1) is 13.5. The van der Waals surface area contributed by atoms with Crippen molar-refractivity contribution in [1.29, 1.82) is 0 Å². The number of benzene rings is 2. The largest absolute Gasteiger partial charge is 0.487 e. The van der Waals surface area contributed by atoms with Gasteiger partial charge in [0.1, 0.15) is 17.1 Å². The number of hydrogen-bond donors (Lipinski definition) is 1. The normalized spacial score (nSPS) is 18.5. The van der Waals surface area contributed by atoms with Crippen LogP contribution in [0.5, 0.6) is 11.5 Å². The molecule has 2 aromatic rings. The van der Waals surface area contributed by atoms with E-state index in [2.05, 4.69) is 19.2 Å². The third kappa shape index (κ3) is 4.32. The average molecular weight is 382 g/mol. The van der Waals surface area contributed by atoms with E-state index in [0.717, 1.165) is 41.9 Å². The molecule has 1 N–H and O–H groups in total. The summed E-state index contributed by atoms with van der Waals surface area (Å²) in [5.74, 6) is 1.52. The van der Waals surface area contributed by atoms with E-state index in [0.29, 0.717) is 6.42 Å². The van der Waals surface area contributed by atoms with Crippen molar-refractivity contribution in [1.82, 2.24) is 5.32 Å². The molecule has 0 radical (unpaired) electrons. The van der Waals surface area contributed by atoms with Crippen molar-refractivity contribution >= 4 is 5.91 Å². The predicted molar refractivity (Wildman–Crippen MR) is 112 cm³/mol. The lowest BCUT2D eigenvalue weighted by Gasteiger charge is -2.42. The van der Waals surface area contributed by atoms with Gasteiger partial charge in [0.25, 0.3) is 5.91 Å². The number of ether oxygens (including phenoxy) is 2. The molecule has 0 unspecified atom stereocenters. The molecule has 0 bridgehead atoms. The SMILES string of the molecule is CC[C@H](Oc1cccc(C)c1)C(=O)N[C@@H]1CC(CC)(CC)Oc2ccccc21. The van der Waals surface area contributed by atoms with Gasteiger partial charge in [0.05, 0.1) is 6.04 Å². The maximum Gasteiger partial charge on any atom is 0.261 e. The molecule has 1 aliphatic heterocycles. The number of rotatable bonds is 7. The number of amides is 1. The number of fused-ring (bicyclic) bond motifs is 1. The molecule has 28 heavy (non-hydrogen) atoms. The first kappa shape index (κ1) is 20.2. The molecule has 4 heteroatoms. The van der Waals surface area contributed by atoms with E-state index in [-0.39, 0.29) is 17.6 Å². The van der Waals surface area contributed by atoms with Gasteiger partial charge >= 0.3 is 0 Å². The Morgan fingerprint density at radius 3 is 2.61 bits per heavy atom. The summed E-state index contributed by atoms with van der Waals surface area (Å²) < 4.78 is 12.3. The molecule has 2 aromatic carbocycles. The summed E-state index contributed by atoms with van der Waals surface area (Å²) in [5, 5.41) is 3.24. The highest BCUT2D eigenvalue weighted by Gasteiger charge is 2.39. The van der Waals surface area contributed by atoms with E-state index in [1.165, 1.54) is 0 Å². The molecule has 1 amide bonds. The Balaban J connectivity index is 1.79. The molecule has 3 rings (SSSR count). The molecule has 0 fully saturated rings. The number of nitrogens with one attached hydrogen (secondary N) is 1. The summed E-state index contributed by atoms with van der Waals surface area (Å²) in [6.45, 7) is 8.28. The van der Waals surface area contributed by atoms with Gasteiger partial charge in [-0.2, -0.15) is 0 Å². The smallest absolute Gasteiger partial charge is 0.261 e. The second-order valence-corrected chi connectivity index (χ2v) is 7.63. The second-order valence-electron chi connectivity index (χ2n) is 7.63. The van der Waals surface area contributed by atoms with Gasteiger partial charge in [-0.3, -0.25) is 4.79 Å². The zero-order chi connectivity index (χ0) is 20.1. The Labute approximate surface area is 168 Å². The molecule has 1 aliphatic rings. The number of carbonyl (C=O) groups is 1. The summed E-state index contributed by atoms with van der Waals surface area (Å²) in [7, 11) is 0. The highest BCUT2D eigenvalue weighted by molar-refractivity contribution is 5.81. The van der Waals surface area contributed by atoms with E-state index >= 15 is 0 Å². The maximum absolute atomic E-state index is 13.1. The molecule has 150 valence electrons. The zero-order valence-electron chi connectivity index (χ0n) is 17.3. The Hall–Kier alpha value is -2.49. The van der Waals surface area contributed by atoms with Crippen molar-refractivity contribution in [2.45, 2.75) is 71.1 Å². The zero-order valence-corrected chi connectivity index (χ0v) is 17.3. The topological polar surface area (TPSA) is 47.6 Å². The van der Waals surface area contributed by atoms with Crippen molar-refractivity contribution in [2.24, 2.45) is 0 Å². The van der Waals surface area contributed by atoms with Crippen LogP contribution in [0.3, 0.4) is 0 Å². The van der Waals surface area contributed by atoms with Gasteiger partial charge in [-0.25, -0.2) is 0 Å². The fourth-order valence-electron chi connectivity index (χ4n) is 3.87. The molecule has 0 spiro atoms. The lowest BCUT2D eigenvalue weighted by Crippen LogP contribution is -2.47. The van der Waals surface area contributed by atoms with E-state index in [1.54, 1.807) is 0 Å². The van der Waals surface area contributed by atoms with Gasteiger partial charge in [-0.1, -0.05) is 51.1 Å². The molecular formula is C24H31NO3. The minimum absolute atomic E-state index is 0.0764. The molecule has 0 aromatic heterocycles. The van der Waals surface area contributed by atoms with Crippen LogP contribution in [0.1, 0.15) is 63.6 Å². The summed E-state index contributed by atoms with van der Waals surface area (Å²) in [4.78, 5) is 13.1. The number of aryl methyl sites for hydroxylation is 1. The minimum Gasteiger partial charge on any atom is -0.487 e. The van der Waals surface area contributed by atoms with Crippen LogP contribution in [0.2, 0.25) is 0 Å². The van der Waals surface area contributed by atoms with Crippen LogP contribution in [0.4, 0.5) is 0 Å². The molecular weight excluding hydrogens is 350 g/mol. The van der Waals surface area contributed by atoms with Crippen molar-refractivity contribution in [3.05, 3.63) is 59.7 Å². The molecule has 0 saturated carbocycles. The van der Waals surface area contributed by atoms with Gasteiger partial charge in [-0.05, 0) is 49.9 Å². The molecule has 1 heterocycles. The Kier molecular flexibility index (Phi) is 6.28. The fraction of sp³-hybridized carbons (Fsp3) is 0.458. The highest BCUT2D eigenvalue weighted by Crippen LogP contribution is 2.42. The van der Waals surface area contributed by atoms with Gasteiger partial charge in [0, 0.05) is 12.0 Å². The van der Waals surface area contributed by atoms with Gasteiger partial charge < -0.3 is 14.8 Å². The van der Waals surface area contributed by atoms with Crippen LogP contribution < -0.4 is 14.8 Å². The van der Waals surface area contributed by atoms with E-state index < -0.39 is 6.10 Å². The monoisotopic (exact) mass is 381 g/mol. The Bertz CT molecular complexity index is 813. The minimum atomic E-state index is -0.519. The molecule has 4 nitrogen and oxygen atoms in total. The van der Waals surface area contributed by atoms with Crippen molar-refractivity contribution < 1.29 is 14.3 Å². The lowest BCUT2D eigenvalue weighted by molar-refractivity contribution is -0.129. The lowest BCUT2D eigenvalue weighted by atomic mass is 9.83. The summed E-state index contributed by atoms with van der Waals surface area (Å²) in [5.41, 5.74) is 1.91. The Morgan fingerprint density at radius 2 is 1.93 bits per heavy atom. The fourth-order valence-corrected chi connectivity index (χ4v) is 3.87. The number of para-hydroxylation sites is 1. The van der Waals surface area contributed by atoms with Crippen molar-refractivity contribution in [3.8, 4) is 11.5 Å². The van der Waals surface area contributed by atoms with Crippen LogP contribution in [-0.4, -0.2) is 17.6 Å². The van der Waals surface area contributed by atoms with Crippen LogP contribution in [-0.2, 0) is 4.79 Å². The third-order valence-corrected chi connectivity index (χ3v) is 5.73. The average Bonchev–Trinajstić information content (AvgIpc) is 2.71. The Morgan fingerprint density at radius 1 is 1.18 bits per heavy atom. The van der Waals surface area contributed by atoms with Crippen LogP contribution in [0.15, 0.2) is 48.5 Å². The molecule has 0 saturated heterocycles. The summed E-state index contributed by atoms with van der Waals surface area (Å²) in [6, 6.07) is 15.7. The van der Waals surface area contributed by atoms with E-state index in [9.17, 15) is 4.79 Å². The highest BCUT2D eigenvalue weighted by atomic mass is 16.5. The summed E-state index contributed by atoms with van der Waals surface area (Å²) in [6.07, 6.45) is 2.66. The van der Waals surface area contributed by atoms with Gasteiger partial charge in [-0.15, -0.1) is 0 Å². The van der Waals surface area contributed by atoms with Crippen LogP contribution >= 0.6 is 0 Å². The van der Waals surface area contributed by atoms with Crippen molar-refractivity contribution in [2.75, 3.05) is 0 Å². The number of carbonyl (C=O) groups excluding carboxylic acids is 1. The summed E-state index contributed by atoms with van der Waals surface area (Å²) >= 11 is 0. The number of hydrogen-bond acceptors (Lipinski definition) is 3. The third-order valence-electron chi connectivity index (χ3n) is 5.73.